The lowest BCUT2D eigenvalue weighted by atomic mass is 10.1. The molecule has 0 aliphatic heterocycles. The summed E-state index contributed by atoms with van der Waals surface area (Å²) in [6.07, 6.45) is 3.37. The first-order chi connectivity index (χ1) is 11.6. The van der Waals surface area contributed by atoms with Gasteiger partial charge in [0.25, 0.3) is 5.56 Å². The van der Waals surface area contributed by atoms with Gasteiger partial charge in [-0.1, -0.05) is 30.3 Å². The minimum absolute atomic E-state index is 0.164. The normalized spacial score (nSPS) is 10.8. The molecule has 0 aliphatic rings. The number of carboxylic acid groups (broad SMARTS) is 1. The Morgan fingerprint density at radius 1 is 1.04 bits per heavy atom. The Labute approximate surface area is 139 Å². The third kappa shape index (κ3) is 3.68. The van der Waals surface area contributed by atoms with Gasteiger partial charge in [-0.3, -0.25) is 4.79 Å². The van der Waals surface area contributed by atoms with Crippen LogP contribution in [-0.4, -0.2) is 21.0 Å². The third-order valence-electron chi connectivity index (χ3n) is 3.98. The van der Waals surface area contributed by atoms with Crippen LogP contribution in [0.2, 0.25) is 0 Å². The summed E-state index contributed by atoms with van der Waals surface area (Å²) in [5.74, 6) is -1.01. The zero-order valence-electron chi connectivity index (χ0n) is 13.2. The fourth-order valence-electron chi connectivity index (χ4n) is 2.69. The lowest BCUT2D eigenvalue weighted by Crippen LogP contribution is -2.15. The predicted molar refractivity (Wildman–Crippen MR) is 92.4 cm³/mol. The van der Waals surface area contributed by atoms with Crippen LogP contribution in [0.1, 0.15) is 34.5 Å². The number of hydrogen-bond acceptors (Lipinski definition) is 3. The number of H-pyrrole nitrogens is 1. The van der Waals surface area contributed by atoms with E-state index in [0.717, 1.165) is 19.3 Å². The molecule has 0 fully saturated rings. The van der Waals surface area contributed by atoms with Crippen molar-refractivity contribution in [3.63, 3.8) is 0 Å². The summed E-state index contributed by atoms with van der Waals surface area (Å²) in [7, 11) is 0. The number of unbranched alkanes of at least 4 members (excludes halogenated alkanes) is 1. The van der Waals surface area contributed by atoms with Crippen molar-refractivity contribution in [3.05, 3.63) is 75.7 Å². The van der Waals surface area contributed by atoms with Crippen molar-refractivity contribution >= 4 is 17.0 Å². The molecule has 2 N–H and O–H groups in total. The molecule has 0 atom stereocenters. The second-order valence-corrected chi connectivity index (χ2v) is 5.74. The number of fused-ring (bicyclic) bond motifs is 1. The number of aromatic nitrogens is 2. The molecule has 1 heterocycles. The van der Waals surface area contributed by atoms with Crippen LogP contribution >= 0.6 is 0 Å². The Kier molecular flexibility index (Phi) is 4.70. The van der Waals surface area contributed by atoms with E-state index in [0.29, 0.717) is 23.1 Å². The van der Waals surface area contributed by atoms with Crippen molar-refractivity contribution in [2.75, 3.05) is 0 Å². The van der Waals surface area contributed by atoms with Gasteiger partial charge in [0, 0.05) is 0 Å². The number of carbonyl (C=O) groups is 1. The molecule has 0 spiro atoms. The first-order valence-corrected chi connectivity index (χ1v) is 7.93. The molecule has 1 aromatic heterocycles. The van der Waals surface area contributed by atoms with E-state index in [9.17, 15) is 9.59 Å². The molecule has 0 amide bonds. The van der Waals surface area contributed by atoms with Gasteiger partial charge >= 0.3 is 5.97 Å². The maximum atomic E-state index is 12.1. The van der Waals surface area contributed by atoms with Crippen LogP contribution in [0.5, 0.6) is 0 Å². The number of aryl methyl sites for hydroxylation is 2. The summed E-state index contributed by atoms with van der Waals surface area (Å²) in [4.78, 5) is 30.3. The zero-order chi connectivity index (χ0) is 16.9. The topological polar surface area (TPSA) is 83.0 Å². The highest BCUT2D eigenvalue weighted by Gasteiger charge is 2.08. The molecular weight excluding hydrogens is 304 g/mol. The van der Waals surface area contributed by atoms with Gasteiger partial charge in [0.1, 0.15) is 5.69 Å². The highest BCUT2D eigenvalue weighted by atomic mass is 16.4. The molecule has 0 aliphatic carbocycles. The number of nitrogens with zero attached hydrogens (tertiary/aromatic N) is 1. The number of rotatable bonds is 6. The van der Waals surface area contributed by atoms with E-state index in [1.807, 2.05) is 18.2 Å². The lowest BCUT2D eigenvalue weighted by Gasteiger charge is -2.04. The summed E-state index contributed by atoms with van der Waals surface area (Å²) in [5.41, 5.74) is 2.76. The van der Waals surface area contributed by atoms with E-state index < -0.39 is 5.97 Å². The first kappa shape index (κ1) is 15.9. The molecule has 0 bridgehead atoms. The Morgan fingerprint density at radius 2 is 1.79 bits per heavy atom. The second kappa shape index (κ2) is 7.08. The highest BCUT2D eigenvalue weighted by Crippen LogP contribution is 2.12. The lowest BCUT2D eigenvalue weighted by molar-refractivity contribution is 0.0697. The van der Waals surface area contributed by atoms with Crippen molar-refractivity contribution < 1.29 is 9.90 Å². The number of hydrogen-bond donors (Lipinski definition) is 2. The molecule has 0 unspecified atom stereocenters. The fourth-order valence-corrected chi connectivity index (χ4v) is 2.69. The summed E-state index contributed by atoms with van der Waals surface area (Å²) in [6, 6.07) is 14.7. The summed E-state index contributed by atoms with van der Waals surface area (Å²) in [5, 5.41) is 9.05. The maximum absolute atomic E-state index is 12.1. The van der Waals surface area contributed by atoms with Crippen molar-refractivity contribution in [3.8, 4) is 0 Å². The zero-order valence-corrected chi connectivity index (χ0v) is 13.2. The van der Waals surface area contributed by atoms with Crippen LogP contribution in [0.15, 0.2) is 53.3 Å². The Bertz CT molecular complexity index is 917. The van der Waals surface area contributed by atoms with Crippen LogP contribution in [0, 0.1) is 0 Å². The van der Waals surface area contributed by atoms with Crippen LogP contribution in [-0.2, 0) is 12.8 Å². The van der Waals surface area contributed by atoms with E-state index in [1.54, 1.807) is 6.07 Å². The third-order valence-corrected chi connectivity index (χ3v) is 3.98. The van der Waals surface area contributed by atoms with E-state index in [4.69, 9.17) is 5.11 Å². The average Bonchev–Trinajstić information content (AvgIpc) is 2.59. The van der Waals surface area contributed by atoms with Gasteiger partial charge in [-0.05, 0) is 49.4 Å². The molecule has 122 valence electrons. The number of carboxylic acids is 1. The van der Waals surface area contributed by atoms with Gasteiger partial charge in [-0.25, -0.2) is 9.78 Å². The minimum atomic E-state index is -1.01. The Morgan fingerprint density at radius 3 is 2.54 bits per heavy atom. The van der Waals surface area contributed by atoms with E-state index in [2.05, 4.69) is 22.1 Å². The van der Waals surface area contributed by atoms with Crippen LogP contribution in [0.25, 0.3) is 11.0 Å². The molecule has 24 heavy (non-hydrogen) atoms. The molecule has 0 saturated carbocycles. The number of aromatic amines is 1. The van der Waals surface area contributed by atoms with E-state index in [1.165, 1.54) is 17.7 Å². The summed E-state index contributed by atoms with van der Waals surface area (Å²) < 4.78 is 0. The first-order valence-electron chi connectivity index (χ1n) is 7.93. The Hall–Kier alpha value is -2.95. The summed E-state index contributed by atoms with van der Waals surface area (Å²) in [6.45, 7) is 0. The highest BCUT2D eigenvalue weighted by molar-refractivity contribution is 5.92. The quantitative estimate of drug-likeness (QED) is 0.683. The molecule has 2 aromatic carbocycles. The van der Waals surface area contributed by atoms with Crippen molar-refractivity contribution in [1.82, 2.24) is 9.97 Å². The van der Waals surface area contributed by atoms with Gasteiger partial charge in [-0.15, -0.1) is 0 Å². The molecule has 3 rings (SSSR count). The van der Waals surface area contributed by atoms with Crippen LogP contribution in [0.4, 0.5) is 0 Å². The number of benzene rings is 2. The standard InChI is InChI=1S/C19H18N2O3/c22-18-16(9-5-4-8-13-6-2-1-3-7-13)20-17-12-14(19(23)24)10-11-15(17)21-18/h1-3,6-7,10-12H,4-5,8-9H2,(H,21,22)(H,23,24). The minimum Gasteiger partial charge on any atom is -0.478 e. The molecule has 5 heteroatoms. The monoisotopic (exact) mass is 322 g/mol. The second-order valence-electron chi connectivity index (χ2n) is 5.74. The summed E-state index contributed by atoms with van der Waals surface area (Å²) >= 11 is 0. The Balaban J connectivity index is 1.70. The maximum Gasteiger partial charge on any atom is 0.335 e. The number of aromatic carboxylic acids is 1. The van der Waals surface area contributed by atoms with Gasteiger partial charge in [0.15, 0.2) is 0 Å². The molecule has 0 saturated heterocycles. The smallest absolute Gasteiger partial charge is 0.335 e. The molecule has 5 nitrogen and oxygen atoms in total. The van der Waals surface area contributed by atoms with E-state index >= 15 is 0 Å². The predicted octanol–water partition coefficient (Wildman–Crippen LogP) is 3.19. The van der Waals surface area contributed by atoms with Gasteiger partial charge in [-0.2, -0.15) is 0 Å². The van der Waals surface area contributed by atoms with Crippen LogP contribution < -0.4 is 5.56 Å². The van der Waals surface area contributed by atoms with Crippen LogP contribution in [0.3, 0.4) is 0 Å². The van der Waals surface area contributed by atoms with E-state index in [-0.39, 0.29) is 11.1 Å². The van der Waals surface area contributed by atoms with Crippen molar-refractivity contribution in [1.29, 1.82) is 0 Å². The number of nitrogens with one attached hydrogen (secondary N) is 1. The van der Waals surface area contributed by atoms with Gasteiger partial charge in [0.05, 0.1) is 16.6 Å². The average molecular weight is 322 g/mol. The largest absolute Gasteiger partial charge is 0.478 e. The van der Waals surface area contributed by atoms with Gasteiger partial charge in [0.2, 0.25) is 0 Å². The van der Waals surface area contributed by atoms with Gasteiger partial charge < -0.3 is 10.1 Å². The van der Waals surface area contributed by atoms with Crippen molar-refractivity contribution in [2.24, 2.45) is 0 Å². The molecular formula is C19H18N2O3. The fraction of sp³-hybridized carbons (Fsp3) is 0.211. The van der Waals surface area contributed by atoms with Crippen molar-refractivity contribution in [2.45, 2.75) is 25.7 Å². The molecule has 3 aromatic rings. The SMILES string of the molecule is O=C(O)c1ccc2[nH]c(=O)c(CCCCc3ccccc3)nc2c1. The molecule has 0 radical (unpaired) electrons.